The number of rotatable bonds is 4. The molecule has 0 heterocycles. The van der Waals surface area contributed by atoms with Crippen molar-refractivity contribution < 1.29 is 14.2 Å². The fraction of sp³-hybridized carbons (Fsp3) is 1.00. The van der Waals surface area contributed by atoms with Crippen LogP contribution < -0.4 is 0 Å². The van der Waals surface area contributed by atoms with Crippen molar-refractivity contribution in [3.05, 3.63) is 0 Å². The molecule has 0 aliphatic heterocycles. The van der Waals surface area contributed by atoms with E-state index in [4.69, 9.17) is 0 Å². The maximum absolute atomic E-state index is 4.69. The van der Waals surface area contributed by atoms with Crippen molar-refractivity contribution in [3.63, 3.8) is 0 Å². The van der Waals surface area contributed by atoms with Gasteiger partial charge in [0.1, 0.15) is 13.6 Å². The van der Waals surface area contributed by atoms with E-state index in [2.05, 4.69) is 14.2 Å². The average Bonchev–Trinajstić information content (AvgIpc) is 1.69. The lowest BCUT2D eigenvalue weighted by Gasteiger charge is -1.97. The van der Waals surface area contributed by atoms with E-state index in [-0.39, 0.29) is 12.4 Å². The maximum Gasteiger partial charge on any atom is 0.149 e. The van der Waals surface area contributed by atoms with E-state index < -0.39 is 0 Å². The van der Waals surface area contributed by atoms with Crippen molar-refractivity contribution in [1.29, 1.82) is 0 Å². The van der Waals surface area contributed by atoms with Gasteiger partial charge in [0.15, 0.2) is 0 Å². The normalized spacial score (nSPS) is 8.25. The molecule has 8 heavy (non-hydrogen) atoms. The Bertz CT molecular complexity index is 30.5. The molecule has 0 atom stereocenters. The SMILES string of the molecule is COCOCOC.Cl. The van der Waals surface area contributed by atoms with Crippen molar-refractivity contribution in [2.45, 2.75) is 0 Å². The Morgan fingerprint density at radius 2 is 1.38 bits per heavy atom. The second-order valence-corrected chi connectivity index (χ2v) is 1.02. The molecule has 0 bridgehead atoms. The first-order chi connectivity index (χ1) is 3.41. The topological polar surface area (TPSA) is 27.7 Å². The van der Waals surface area contributed by atoms with Crippen LogP contribution in [0.5, 0.6) is 0 Å². The van der Waals surface area contributed by atoms with Crippen LogP contribution in [-0.4, -0.2) is 27.8 Å². The highest BCUT2D eigenvalue weighted by molar-refractivity contribution is 5.85. The number of methoxy groups -OCH3 is 2. The molecule has 0 aliphatic carbocycles. The van der Waals surface area contributed by atoms with Gasteiger partial charge in [-0.3, -0.25) is 0 Å². The highest BCUT2D eigenvalue weighted by Crippen LogP contribution is 1.72. The Morgan fingerprint density at radius 1 is 1.00 bits per heavy atom. The first-order valence-electron chi connectivity index (χ1n) is 1.97. The standard InChI is InChI=1S/C4H10O3.ClH/c1-5-3-7-4-6-2;/h3-4H2,1-2H3;1H. The van der Waals surface area contributed by atoms with Crippen LogP contribution in [0.15, 0.2) is 0 Å². The molecule has 0 rings (SSSR count). The van der Waals surface area contributed by atoms with E-state index in [0.29, 0.717) is 13.6 Å². The van der Waals surface area contributed by atoms with E-state index in [0.717, 1.165) is 0 Å². The number of ether oxygens (including phenoxy) is 3. The van der Waals surface area contributed by atoms with Gasteiger partial charge in [-0.2, -0.15) is 0 Å². The van der Waals surface area contributed by atoms with Crippen LogP contribution in [0.4, 0.5) is 0 Å². The third-order valence-electron chi connectivity index (χ3n) is 0.402. The van der Waals surface area contributed by atoms with E-state index in [1.807, 2.05) is 0 Å². The Kier molecular flexibility index (Phi) is 14.1. The zero-order valence-electron chi connectivity index (χ0n) is 5.05. The third-order valence-corrected chi connectivity index (χ3v) is 0.402. The molecule has 52 valence electrons. The van der Waals surface area contributed by atoms with E-state index >= 15 is 0 Å². The molecular formula is C4H11ClO3. The monoisotopic (exact) mass is 142 g/mol. The molecule has 0 aromatic heterocycles. The maximum atomic E-state index is 4.69. The van der Waals surface area contributed by atoms with Crippen LogP contribution in [0.25, 0.3) is 0 Å². The summed E-state index contributed by atoms with van der Waals surface area (Å²) < 4.78 is 13.8. The summed E-state index contributed by atoms with van der Waals surface area (Å²) in [6.45, 7) is 0.599. The minimum absolute atomic E-state index is 0. The van der Waals surface area contributed by atoms with Crippen molar-refractivity contribution in [2.75, 3.05) is 27.8 Å². The first-order valence-corrected chi connectivity index (χ1v) is 1.97. The molecule has 0 aromatic carbocycles. The summed E-state index contributed by atoms with van der Waals surface area (Å²) in [6, 6.07) is 0. The summed E-state index contributed by atoms with van der Waals surface area (Å²) >= 11 is 0. The highest BCUT2D eigenvalue weighted by atomic mass is 35.5. The van der Waals surface area contributed by atoms with Gasteiger partial charge in [-0.25, -0.2) is 0 Å². The zero-order chi connectivity index (χ0) is 5.54. The Hall–Kier alpha value is 0.170. The van der Waals surface area contributed by atoms with Gasteiger partial charge in [0.25, 0.3) is 0 Å². The van der Waals surface area contributed by atoms with Gasteiger partial charge < -0.3 is 14.2 Å². The molecule has 0 N–H and O–H groups in total. The van der Waals surface area contributed by atoms with Gasteiger partial charge in [-0.15, -0.1) is 12.4 Å². The molecule has 0 saturated carbocycles. The largest absolute Gasteiger partial charge is 0.359 e. The minimum atomic E-state index is 0. The lowest BCUT2D eigenvalue weighted by atomic mass is 11.3. The van der Waals surface area contributed by atoms with Gasteiger partial charge in [0, 0.05) is 14.2 Å². The molecule has 0 unspecified atom stereocenters. The van der Waals surface area contributed by atoms with E-state index in [1.165, 1.54) is 0 Å². The first kappa shape index (κ1) is 11.0. The summed E-state index contributed by atoms with van der Waals surface area (Å²) in [4.78, 5) is 0. The van der Waals surface area contributed by atoms with Crippen molar-refractivity contribution in [2.24, 2.45) is 0 Å². The minimum Gasteiger partial charge on any atom is -0.359 e. The average molecular weight is 143 g/mol. The van der Waals surface area contributed by atoms with Crippen LogP contribution >= 0.6 is 12.4 Å². The summed E-state index contributed by atoms with van der Waals surface area (Å²) in [5, 5.41) is 0. The predicted octanol–water partition coefficient (Wildman–Crippen LogP) is 0.633. The van der Waals surface area contributed by atoms with Gasteiger partial charge in [-0.1, -0.05) is 0 Å². The Labute approximate surface area is 55.3 Å². The van der Waals surface area contributed by atoms with Crippen LogP contribution in [0.2, 0.25) is 0 Å². The van der Waals surface area contributed by atoms with Crippen molar-refractivity contribution >= 4 is 12.4 Å². The third kappa shape index (κ3) is 9.48. The van der Waals surface area contributed by atoms with Crippen LogP contribution in [0.1, 0.15) is 0 Å². The second-order valence-electron chi connectivity index (χ2n) is 1.02. The lowest BCUT2D eigenvalue weighted by Crippen LogP contribution is -1.98. The number of halogens is 1. The van der Waals surface area contributed by atoms with Crippen LogP contribution in [0.3, 0.4) is 0 Å². The number of hydrogen-bond acceptors (Lipinski definition) is 3. The molecule has 0 amide bonds. The zero-order valence-corrected chi connectivity index (χ0v) is 5.86. The fourth-order valence-electron chi connectivity index (χ4n) is 0.201. The molecular weight excluding hydrogens is 131 g/mol. The second kappa shape index (κ2) is 10.2. The lowest BCUT2D eigenvalue weighted by molar-refractivity contribution is -0.107. The molecule has 0 radical (unpaired) electrons. The fourth-order valence-corrected chi connectivity index (χ4v) is 0.201. The van der Waals surface area contributed by atoms with Gasteiger partial charge in [0.05, 0.1) is 0 Å². The molecule has 0 saturated heterocycles. The van der Waals surface area contributed by atoms with Gasteiger partial charge in [-0.05, 0) is 0 Å². The smallest absolute Gasteiger partial charge is 0.149 e. The van der Waals surface area contributed by atoms with Crippen LogP contribution in [0, 0.1) is 0 Å². The molecule has 0 spiro atoms. The van der Waals surface area contributed by atoms with Crippen LogP contribution in [-0.2, 0) is 14.2 Å². The summed E-state index contributed by atoms with van der Waals surface area (Å²) in [5.41, 5.74) is 0. The Morgan fingerprint density at radius 3 is 1.62 bits per heavy atom. The van der Waals surface area contributed by atoms with Crippen molar-refractivity contribution in [3.8, 4) is 0 Å². The van der Waals surface area contributed by atoms with E-state index in [9.17, 15) is 0 Å². The summed E-state index contributed by atoms with van der Waals surface area (Å²) in [7, 11) is 3.13. The summed E-state index contributed by atoms with van der Waals surface area (Å²) in [5.74, 6) is 0. The Balaban J connectivity index is 0. The van der Waals surface area contributed by atoms with Gasteiger partial charge >= 0.3 is 0 Å². The quantitative estimate of drug-likeness (QED) is 0.426. The van der Waals surface area contributed by atoms with Crippen molar-refractivity contribution in [1.82, 2.24) is 0 Å². The van der Waals surface area contributed by atoms with E-state index in [1.54, 1.807) is 14.2 Å². The highest BCUT2D eigenvalue weighted by Gasteiger charge is 1.76. The number of hydrogen-bond donors (Lipinski definition) is 0. The predicted molar refractivity (Wildman–Crippen MR) is 32.1 cm³/mol. The molecule has 0 fully saturated rings. The molecule has 4 heteroatoms. The summed E-state index contributed by atoms with van der Waals surface area (Å²) in [6.07, 6.45) is 0. The molecule has 3 nitrogen and oxygen atoms in total. The van der Waals surface area contributed by atoms with Gasteiger partial charge in [0.2, 0.25) is 0 Å². The molecule has 0 aliphatic rings. The molecule has 0 aromatic rings.